The predicted octanol–water partition coefficient (Wildman–Crippen LogP) is 8.37. The number of hydrogen-bond donors (Lipinski definition) is 0. The van der Waals surface area contributed by atoms with Gasteiger partial charge in [0.2, 0.25) is 0 Å². The van der Waals surface area contributed by atoms with Crippen molar-refractivity contribution in [2.45, 2.75) is 69.7 Å². The average molecular weight is 506 g/mol. The molecule has 0 unspecified atom stereocenters. The van der Waals surface area contributed by atoms with E-state index in [-0.39, 0.29) is 14.9 Å². The van der Waals surface area contributed by atoms with E-state index >= 15 is 0 Å². The van der Waals surface area contributed by atoms with Crippen LogP contribution in [0.15, 0.2) is 30.3 Å². The molecule has 0 fully saturated rings. The van der Waals surface area contributed by atoms with Gasteiger partial charge in [0, 0.05) is 37.2 Å². The molecule has 0 nitrogen and oxygen atoms in total. The molecule has 122 valence electrons. The molecule has 1 rings (SSSR count). The van der Waals surface area contributed by atoms with E-state index in [2.05, 4.69) is 102 Å². The van der Waals surface area contributed by atoms with Crippen molar-refractivity contribution in [3.8, 4) is 0 Å². The summed E-state index contributed by atoms with van der Waals surface area (Å²) in [5.41, 5.74) is 2.13. The Bertz CT molecular complexity index is 284. The largest absolute Gasteiger partial charge is 0.0776 e. The summed E-state index contributed by atoms with van der Waals surface area (Å²) in [7, 11) is 0. The number of rotatable bonds is 2. The van der Waals surface area contributed by atoms with Crippen molar-refractivity contribution >= 4 is 37.2 Å². The van der Waals surface area contributed by atoms with Crippen molar-refractivity contribution in [1.82, 2.24) is 0 Å². The van der Waals surface area contributed by atoms with Crippen LogP contribution in [0.5, 0.6) is 0 Å². The first-order chi connectivity index (χ1) is 8.33. The molecule has 0 radical (unpaired) electrons. The molecule has 20 heavy (non-hydrogen) atoms. The molecule has 1 aromatic rings. The lowest BCUT2D eigenvalue weighted by atomic mass is 9.66. The molecule has 0 heterocycles. The maximum atomic E-state index is 2.35. The SMILES string of the molecule is C.C.CC.CC(C)(C)C(C)(C)Cc1ccccc1.II. The molecular formula is C18H36I2. The first kappa shape index (κ1) is 28.8. The lowest BCUT2D eigenvalue weighted by molar-refractivity contribution is 0.132. The van der Waals surface area contributed by atoms with Crippen LogP contribution < -0.4 is 0 Å². The van der Waals surface area contributed by atoms with Gasteiger partial charge >= 0.3 is 0 Å². The van der Waals surface area contributed by atoms with Gasteiger partial charge < -0.3 is 0 Å². The predicted molar refractivity (Wildman–Crippen MR) is 116 cm³/mol. The van der Waals surface area contributed by atoms with Gasteiger partial charge in [-0.2, -0.15) is 0 Å². The van der Waals surface area contributed by atoms with Crippen LogP contribution in [0.2, 0.25) is 0 Å². The van der Waals surface area contributed by atoms with E-state index in [0.717, 1.165) is 6.42 Å². The Balaban J connectivity index is -0.000000196. The molecule has 0 aliphatic carbocycles. The van der Waals surface area contributed by atoms with Crippen molar-refractivity contribution in [1.29, 1.82) is 0 Å². The fraction of sp³-hybridized carbons (Fsp3) is 0.667. The highest BCUT2D eigenvalue weighted by molar-refractivity contribution is 15.0. The minimum absolute atomic E-state index is 0. The highest BCUT2D eigenvalue weighted by Gasteiger charge is 2.32. The monoisotopic (exact) mass is 506 g/mol. The molecule has 0 bridgehead atoms. The van der Waals surface area contributed by atoms with Crippen LogP contribution in [-0.4, -0.2) is 0 Å². The normalized spacial score (nSPS) is 9.65. The fourth-order valence-corrected chi connectivity index (χ4v) is 1.37. The molecule has 0 atom stereocenters. The minimum Gasteiger partial charge on any atom is -0.0776 e. The summed E-state index contributed by atoms with van der Waals surface area (Å²) in [6.45, 7) is 15.6. The Kier molecular flexibility index (Phi) is 21.0. The third kappa shape index (κ3) is 11.4. The molecule has 0 saturated carbocycles. The van der Waals surface area contributed by atoms with Crippen molar-refractivity contribution in [2.24, 2.45) is 10.8 Å². The number of halogens is 2. The second-order valence-corrected chi connectivity index (χ2v) is 5.80. The molecule has 0 aromatic heterocycles. The van der Waals surface area contributed by atoms with Crippen LogP contribution in [0.3, 0.4) is 0 Å². The summed E-state index contributed by atoms with van der Waals surface area (Å²) >= 11 is 4.24. The summed E-state index contributed by atoms with van der Waals surface area (Å²) in [4.78, 5) is 0. The first-order valence-corrected chi connectivity index (χ1v) is 12.8. The molecule has 0 aliphatic rings. The highest BCUT2D eigenvalue weighted by Crippen LogP contribution is 2.40. The molecular weight excluding hydrogens is 470 g/mol. The molecule has 0 amide bonds. The van der Waals surface area contributed by atoms with Crippen LogP contribution in [0.4, 0.5) is 0 Å². The molecule has 0 aliphatic heterocycles. The average Bonchev–Trinajstić information content (AvgIpc) is 2.33. The van der Waals surface area contributed by atoms with Crippen LogP contribution in [0.25, 0.3) is 0 Å². The van der Waals surface area contributed by atoms with Gasteiger partial charge in [0.05, 0.1) is 0 Å². The van der Waals surface area contributed by atoms with E-state index in [1.54, 1.807) is 0 Å². The zero-order valence-electron chi connectivity index (χ0n) is 12.8. The Morgan fingerprint density at radius 1 is 0.800 bits per heavy atom. The smallest absolute Gasteiger partial charge is 0 e. The Labute approximate surface area is 152 Å². The molecule has 0 N–H and O–H groups in total. The summed E-state index contributed by atoms with van der Waals surface area (Å²) in [6, 6.07) is 10.7. The maximum absolute atomic E-state index is 2.35. The van der Waals surface area contributed by atoms with Crippen LogP contribution in [0.1, 0.15) is 68.9 Å². The van der Waals surface area contributed by atoms with E-state index in [9.17, 15) is 0 Å². The van der Waals surface area contributed by atoms with Crippen LogP contribution in [0, 0.1) is 10.8 Å². The second-order valence-electron chi connectivity index (χ2n) is 5.80. The third-order valence-corrected chi connectivity index (χ3v) is 3.52. The molecule has 0 saturated heterocycles. The summed E-state index contributed by atoms with van der Waals surface area (Å²) in [6.07, 6.45) is 1.15. The van der Waals surface area contributed by atoms with E-state index in [1.807, 2.05) is 13.8 Å². The Morgan fingerprint density at radius 3 is 1.45 bits per heavy atom. The van der Waals surface area contributed by atoms with E-state index in [1.165, 1.54) is 5.56 Å². The minimum atomic E-state index is 0. The standard InChI is InChI=1S/C14H22.C2H6.2CH4.I2/c1-13(2,3)14(4,5)11-12-9-7-6-8-10-12;1-2;;;1-2/h6-10H,11H2,1-5H3;1-2H3;2*1H4;. The number of benzene rings is 1. The van der Waals surface area contributed by atoms with Crippen LogP contribution in [-0.2, 0) is 6.42 Å². The van der Waals surface area contributed by atoms with Crippen molar-refractivity contribution < 1.29 is 0 Å². The lowest BCUT2D eigenvalue weighted by Gasteiger charge is -2.39. The molecule has 0 spiro atoms. The zero-order chi connectivity index (χ0) is 14.8. The topological polar surface area (TPSA) is 0 Å². The summed E-state index contributed by atoms with van der Waals surface area (Å²) < 4.78 is 0. The van der Waals surface area contributed by atoms with Crippen molar-refractivity contribution in [3.63, 3.8) is 0 Å². The Morgan fingerprint density at radius 2 is 1.15 bits per heavy atom. The second kappa shape index (κ2) is 14.6. The molecule has 2 heteroatoms. The number of hydrogen-bond acceptors (Lipinski definition) is 0. The van der Waals surface area contributed by atoms with E-state index in [4.69, 9.17) is 0 Å². The summed E-state index contributed by atoms with van der Waals surface area (Å²) in [5.74, 6) is 0. The van der Waals surface area contributed by atoms with Crippen molar-refractivity contribution in [3.05, 3.63) is 35.9 Å². The summed E-state index contributed by atoms with van der Waals surface area (Å²) in [5, 5.41) is 0. The fourth-order valence-electron chi connectivity index (χ4n) is 1.37. The van der Waals surface area contributed by atoms with Gasteiger partial charge in [0.1, 0.15) is 0 Å². The zero-order valence-corrected chi connectivity index (χ0v) is 17.2. The quantitative estimate of drug-likeness (QED) is 0.354. The van der Waals surface area contributed by atoms with Crippen molar-refractivity contribution in [2.75, 3.05) is 0 Å². The van der Waals surface area contributed by atoms with Gasteiger partial charge in [0.25, 0.3) is 0 Å². The Hall–Kier alpha value is 0.680. The lowest BCUT2D eigenvalue weighted by Crippen LogP contribution is -2.31. The van der Waals surface area contributed by atoms with Crippen LogP contribution >= 0.6 is 37.2 Å². The third-order valence-electron chi connectivity index (χ3n) is 3.52. The maximum Gasteiger partial charge on any atom is 0 e. The van der Waals surface area contributed by atoms with Gasteiger partial charge in [-0.1, -0.05) is 93.7 Å². The van der Waals surface area contributed by atoms with Gasteiger partial charge in [0.15, 0.2) is 0 Å². The van der Waals surface area contributed by atoms with Gasteiger partial charge in [-0.25, -0.2) is 0 Å². The molecule has 1 aromatic carbocycles. The van der Waals surface area contributed by atoms with E-state index < -0.39 is 0 Å². The highest BCUT2D eigenvalue weighted by atomic mass is 128. The van der Waals surface area contributed by atoms with Gasteiger partial charge in [-0.15, -0.1) is 0 Å². The first-order valence-electron chi connectivity index (χ1n) is 6.51. The van der Waals surface area contributed by atoms with Gasteiger partial charge in [-0.05, 0) is 22.8 Å². The van der Waals surface area contributed by atoms with E-state index in [0.29, 0.717) is 10.8 Å². The van der Waals surface area contributed by atoms with Gasteiger partial charge in [-0.3, -0.25) is 0 Å².